The molecule has 0 bridgehead atoms. The smallest absolute Gasteiger partial charge is 0.345 e. The van der Waals surface area contributed by atoms with Gasteiger partial charge in [0.25, 0.3) is 5.91 Å². The van der Waals surface area contributed by atoms with E-state index in [-0.39, 0.29) is 18.3 Å². The van der Waals surface area contributed by atoms with E-state index in [1.165, 1.54) is 6.07 Å². The number of nitrogens with one attached hydrogen (secondary N) is 1. The monoisotopic (exact) mass is 368 g/mol. The molecule has 9 nitrogen and oxygen atoms in total. The van der Waals surface area contributed by atoms with Gasteiger partial charge in [-0.2, -0.15) is 5.10 Å². The van der Waals surface area contributed by atoms with Crippen LogP contribution in [0.15, 0.2) is 36.4 Å². The maximum atomic E-state index is 12.3. The van der Waals surface area contributed by atoms with Crippen molar-refractivity contribution in [3.8, 4) is 0 Å². The normalized spacial score (nSPS) is 10.8. The number of carbonyl (C=O) groups is 1. The molecule has 0 saturated heterocycles. The van der Waals surface area contributed by atoms with Crippen molar-refractivity contribution in [3.63, 3.8) is 0 Å². The summed E-state index contributed by atoms with van der Waals surface area (Å²) >= 11 is 0. The van der Waals surface area contributed by atoms with Crippen molar-refractivity contribution in [2.75, 3.05) is 5.32 Å². The molecular formula is C18H20N6O3. The van der Waals surface area contributed by atoms with E-state index < -0.39 is 4.92 Å². The van der Waals surface area contributed by atoms with Crippen LogP contribution in [0.5, 0.6) is 0 Å². The highest BCUT2D eigenvalue weighted by Gasteiger charge is 2.19. The number of anilines is 1. The fourth-order valence-electron chi connectivity index (χ4n) is 2.89. The van der Waals surface area contributed by atoms with Gasteiger partial charge in [0, 0.05) is 11.4 Å². The van der Waals surface area contributed by atoms with Crippen molar-refractivity contribution in [2.24, 2.45) is 0 Å². The van der Waals surface area contributed by atoms with E-state index in [0.29, 0.717) is 17.9 Å². The molecule has 0 atom stereocenters. The molecule has 3 aromatic rings. The van der Waals surface area contributed by atoms with E-state index in [1.54, 1.807) is 13.0 Å². The summed E-state index contributed by atoms with van der Waals surface area (Å²) in [5, 5.41) is 22.2. The molecular weight excluding hydrogens is 348 g/mol. The largest absolute Gasteiger partial charge is 0.358 e. The Labute approximate surface area is 155 Å². The minimum Gasteiger partial charge on any atom is -0.358 e. The quantitative estimate of drug-likeness (QED) is 0.531. The molecule has 140 valence electrons. The first-order chi connectivity index (χ1) is 12.8. The lowest BCUT2D eigenvalue weighted by Gasteiger charge is -2.08. The fourth-order valence-corrected chi connectivity index (χ4v) is 2.89. The van der Waals surface area contributed by atoms with Crippen LogP contribution in [-0.2, 0) is 17.9 Å². The number of amides is 1. The highest BCUT2D eigenvalue weighted by atomic mass is 16.6. The van der Waals surface area contributed by atoms with Crippen LogP contribution in [0.2, 0.25) is 0 Å². The van der Waals surface area contributed by atoms with Crippen molar-refractivity contribution in [1.29, 1.82) is 0 Å². The van der Waals surface area contributed by atoms with Gasteiger partial charge in [0.15, 0.2) is 6.54 Å². The third-order valence-corrected chi connectivity index (χ3v) is 4.01. The van der Waals surface area contributed by atoms with Gasteiger partial charge in [-0.15, -0.1) is 4.68 Å². The number of hydrogen-bond donors (Lipinski definition) is 1. The average molecular weight is 368 g/mol. The van der Waals surface area contributed by atoms with Crippen LogP contribution >= 0.6 is 0 Å². The van der Waals surface area contributed by atoms with Gasteiger partial charge in [-0.1, -0.05) is 17.2 Å². The Hall–Kier alpha value is -3.49. The lowest BCUT2D eigenvalue weighted by Crippen LogP contribution is -2.20. The van der Waals surface area contributed by atoms with Crippen molar-refractivity contribution in [3.05, 3.63) is 69.2 Å². The predicted octanol–water partition coefficient (Wildman–Crippen LogP) is 2.60. The third-order valence-electron chi connectivity index (χ3n) is 4.01. The lowest BCUT2D eigenvalue weighted by molar-refractivity contribution is -0.392. The van der Waals surface area contributed by atoms with Crippen molar-refractivity contribution < 1.29 is 9.72 Å². The molecule has 9 heteroatoms. The molecule has 2 aromatic heterocycles. The maximum absolute atomic E-state index is 12.3. The Balaban J connectivity index is 1.70. The summed E-state index contributed by atoms with van der Waals surface area (Å²) in [6.45, 7) is 5.93. The molecule has 0 unspecified atom stereocenters. The zero-order chi connectivity index (χ0) is 19.6. The van der Waals surface area contributed by atoms with Gasteiger partial charge in [-0.05, 0) is 49.5 Å². The number of aromatic nitrogens is 4. The Morgan fingerprint density at radius 1 is 1.11 bits per heavy atom. The molecule has 0 aliphatic carbocycles. The number of nitro groups is 1. The van der Waals surface area contributed by atoms with Crippen LogP contribution in [0.25, 0.3) is 0 Å². The van der Waals surface area contributed by atoms with Crippen molar-refractivity contribution in [2.45, 2.75) is 33.9 Å². The number of aryl methyl sites for hydroxylation is 3. The topological polar surface area (TPSA) is 108 Å². The van der Waals surface area contributed by atoms with Crippen LogP contribution in [0.1, 0.15) is 22.6 Å². The second-order valence-corrected chi connectivity index (χ2v) is 6.39. The molecule has 0 aliphatic heterocycles. The number of rotatable bonds is 6. The number of benzene rings is 1. The second kappa shape index (κ2) is 7.40. The summed E-state index contributed by atoms with van der Waals surface area (Å²) in [5.74, 6) is -0.592. The Kier molecular flexibility index (Phi) is 5.02. The first kappa shape index (κ1) is 18.3. The highest BCUT2D eigenvalue weighted by Crippen LogP contribution is 2.15. The van der Waals surface area contributed by atoms with E-state index in [4.69, 9.17) is 0 Å². The first-order valence-electron chi connectivity index (χ1n) is 8.40. The zero-order valence-electron chi connectivity index (χ0n) is 15.3. The van der Waals surface area contributed by atoms with Crippen molar-refractivity contribution >= 4 is 17.4 Å². The minimum atomic E-state index is -0.553. The predicted molar refractivity (Wildman–Crippen MR) is 99.5 cm³/mol. The molecule has 1 aromatic carbocycles. The third kappa shape index (κ3) is 4.38. The molecule has 0 spiro atoms. The van der Waals surface area contributed by atoms with E-state index in [2.05, 4.69) is 15.5 Å². The summed E-state index contributed by atoms with van der Waals surface area (Å²) in [6.07, 6.45) is 0. The molecule has 1 N–H and O–H groups in total. The van der Waals surface area contributed by atoms with Crippen LogP contribution in [-0.4, -0.2) is 30.4 Å². The van der Waals surface area contributed by atoms with Crippen LogP contribution in [0.4, 0.5) is 11.5 Å². The van der Waals surface area contributed by atoms with Gasteiger partial charge in [0.2, 0.25) is 0 Å². The number of nitrogens with zero attached hydrogens (tertiary/aromatic N) is 5. The molecule has 1 amide bonds. The van der Waals surface area contributed by atoms with Crippen LogP contribution in [0.3, 0.4) is 0 Å². The van der Waals surface area contributed by atoms with Crippen molar-refractivity contribution in [1.82, 2.24) is 19.6 Å². The Morgan fingerprint density at radius 2 is 1.81 bits per heavy atom. The molecule has 27 heavy (non-hydrogen) atoms. The molecule has 0 radical (unpaired) electrons. The van der Waals surface area contributed by atoms with Gasteiger partial charge in [-0.3, -0.25) is 9.48 Å². The lowest BCUT2D eigenvalue weighted by atomic mass is 10.2. The van der Waals surface area contributed by atoms with Gasteiger partial charge in [-0.25, -0.2) is 0 Å². The van der Waals surface area contributed by atoms with Crippen LogP contribution < -0.4 is 5.32 Å². The van der Waals surface area contributed by atoms with E-state index in [1.807, 2.05) is 42.8 Å². The standard InChI is InChI=1S/C18H20N6O3/c1-12-7-14(3)22(20-12)10-15-5-4-6-16(9-15)19-17(25)11-23-18(24(26)27)8-13(2)21-23/h4-9H,10-11H2,1-3H3,(H,19,25). The Morgan fingerprint density at radius 3 is 2.48 bits per heavy atom. The SMILES string of the molecule is Cc1cc(C)n(Cc2cccc(NC(=O)Cn3nc(C)cc3[N+](=O)[O-])c2)n1. The fraction of sp³-hybridized carbons (Fsp3) is 0.278. The minimum absolute atomic E-state index is 0.207. The summed E-state index contributed by atoms with van der Waals surface area (Å²) < 4.78 is 2.98. The summed E-state index contributed by atoms with van der Waals surface area (Å²) in [4.78, 5) is 22.8. The van der Waals surface area contributed by atoms with E-state index in [9.17, 15) is 14.9 Å². The first-order valence-corrected chi connectivity index (χ1v) is 8.40. The Bertz CT molecular complexity index is 1000. The van der Waals surface area contributed by atoms with Gasteiger partial charge >= 0.3 is 5.82 Å². The van der Waals surface area contributed by atoms with E-state index >= 15 is 0 Å². The highest BCUT2D eigenvalue weighted by molar-refractivity contribution is 5.90. The molecule has 0 saturated carbocycles. The van der Waals surface area contributed by atoms with Gasteiger partial charge < -0.3 is 15.4 Å². The molecule has 0 fully saturated rings. The summed E-state index contributed by atoms with van der Waals surface area (Å²) in [6, 6.07) is 10.8. The maximum Gasteiger partial charge on any atom is 0.345 e. The number of hydrogen-bond acceptors (Lipinski definition) is 5. The summed E-state index contributed by atoms with van der Waals surface area (Å²) in [7, 11) is 0. The van der Waals surface area contributed by atoms with Crippen LogP contribution in [0, 0.1) is 30.9 Å². The molecule has 2 heterocycles. The van der Waals surface area contributed by atoms with Gasteiger partial charge in [0.1, 0.15) is 0 Å². The average Bonchev–Trinajstić information content (AvgIpc) is 3.09. The van der Waals surface area contributed by atoms with E-state index in [0.717, 1.165) is 21.6 Å². The molecule has 3 rings (SSSR count). The summed E-state index contributed by atoms with van der Waals surface area (Å²) in [5.41, 5.74) is 4.10. The number of carbonyl (C=O) groups excluding carboxylic acids is 1. The molecule has 0 aliphatic rings. The van der Waals surface area contributed by atoms with Gasteiger partial charge in [0.05, 0.1) is 24.0 Å². The second-order valence-electron chi connectivity index (χ2n) is 6.39. The zero-order valence-corrected chi connectivity index (χ0v) is 15.3.